The molecule has 0 saturated carbocycles. The number of carboxylic acids is 1. The summed E-state index contributed by atoms with van der Waals surface area (Å²) in [4.78, 5) is 11.0. The summed E-state index contributed by atoms with van der Waals surface area (Å²) in [5, 5.41) is 23.6. The SMILES string of the molecule is CNCc1c(O)c(C(=O)O)cc2ccccc12. The van der Waals surface area contributed by atoms with Crippen molar-refractivity contribution in [3.63, 3.8) is 0 Å². The van der Waals surface area contributed by atoms with Crippen LogP contribution in [0.4, 0.5) is 0 Å². The average Bonchev–Trinajstić information content (AvgIpc) is 2.32. The fourth-order valence-corrected chi connectivity index (χ4v) is 1.93. The summed E-state index contributed by atoms with van der Waals surface area (Å²) < 4.78 is 0. The molecule has 2 aromatic rings. The Balaban J connectivity index is 2.80. The third-order valence-corrected chi connectivity index (χ3v) is 2.71. The zero-order valence-corrected chi connectivity index (χ0v) is 9.40. The highest BCUT2D eigenvalue weighted by atomic mass is 16.4. The van der Waals surface area contributed by atoms with Crippen molar-refractivity contribution < 1.29 is 15.0 Å². The van der Waals surface area contributed by atoms with Gasteiger partial charge in [-0.2, -0.15) is 0 Å². The molecule has 2 aromatic carbocycles. The van der Waals surface area contributed by atoms with Crippen LogP contribution in [0.2, 0.25) is 0 Å². The minimum Gasteiger partial charge on any atom is -0.507 e. The third kappa shape index (κ3) is 1.94. The smallest absolute Gasteiger partial charge is 0.339 e. The van der Waals surface area contributed by atoms with Crippen LogP contribution in [0.3, 0.4) is 0 Å². The Bertz CT molecular complexity index is 578. The number of rotatable bonds is 3. The monoisotopic (exact) mass is 231 g/mol. The normalized spacial score (nSPS) is 10.6. The van der Waals surface area contributed by atoms with E-state index in [1.54, 1.807) is 7.05 Å². The molecule has 4 nitrogen and oxygen atoms in total. The predicted octanol–water partition coefficient (Wildman–Crippen LogP) is 1.96. The van der Waals surface area contributed by atoms with Crippen LogP contribution in [0.25, 0.3) is 10.8 Å². The zero-order valence-electron chi connectivity index (χ0n) is 9.40. The summed E-state index contributed by atoms with van der Waals surface area (Å²) in [6, 6.07) is 8.90. The van der Waals surface area contributed by atoms with Crippen molar-refractivity contribution in [2.45, 2.75) is 6.54 Å². The van der Waals surface area contributed by atoms with E-state index < -0.39 is 5.97 Å². The van der Waals surface area contributed by atoms with Crippen LogP contribution in [-0.2, 0) is 6.54 Å². The molecule has 0 heterocycles. The van der Waals surface area contributed by atoms with E-state index >= 15 is 0 Å². The van der Waals surface area contributed by atoms with Gasteiger partial charge in [-0.15, -0.1) is 0 Å². The number of hydrogen-bond acceptors (Lipinski definition) is 3. The maximum Gasteiger partial charge on any atom is 0.339 e. The van der Waals surface area contributed by atoms with E-state index in [2.05, 4.69) is 5.32 Å². The van der Waals surface area contributed by atoms with Crippen LogP contribution >= 0.6 is 0 Å². The Kier molecular flexibility index (Phi) is 2.97. The second-order valence-electron chi connectivity index (χ2n) is 3.81. The number of carboxylic acid groups (broad SMARTS) is 1. The Labute approximate surface area is 98.5 Å². The van der Waals surface area contributed by atoms with Crippen molar-refractivity contribution in [3.05, 3.63) is 41.5 Å². The summed E-state index contributed by atoms with van der Waals surface area (Å²) >= 11 is 0. The van der Waals surface area contributed by atoms with E-state index in [9.17, 15) is 9.90 Å². The van der Waals surface area contributed by atoms with Crippen molar-refractivity contribution in [3.8, 4) is 5.75 Å². The molecule has 0 unspecified atom stereocenters. The maximum atomic E-state index is 11.0. The van der Waals surface area contributed by atoms with E-state index in [0.717, 1.165) is 10.8 Å². The second kappa shape index (κ2) is 4.43. The molecule has 88 valence electrons. The minimum absolute atomic E-state index is 0.0612. The molecule has 0 bridgehead atoms. The van der Waals surface area contributed by atoms with Gasteiger partial charge >= 0.3 is 5.97 Å². The molecular weight excluding hydrogens is 218 g/mol. The first kappa shape index (κ1) is 11.4. The molecule has 0 aromatic heterocycles. The van der Waals surface area contributed by atoms with Gasteiger partial charge in [0.15, 0.2) is 0 Å². The number of hydrogen-bond donors (Lipinski definition) is 3. The molecule has 0 atom stereocenters. The Morgan fingerprint density at radius 3 is 2.71 bits per heavy atom. The van der Waals surface area contributed by atoms with Gasteiger partial charge in [-0.25, -0.2) is 4.79 Å². The van der Waals surface area contributed by atoms with Crippen LogP contribution in [0.5, 0.6) is 5.75 Å². The van der Waals surface area contributed by atoms with Gasteiger partial charge in [-0.3, -0.25) is 0 Å². The number of carbonyl (C=O) groups is 1. The molecule has 4 heteroatoms. The first-order chi connectivity index (χ1) is 8.15. The van der Waals surface area contributed by atoms with Crippen LogP contribution in [0.15, 0.2) is 30.3 Å². The van der Waals surface area contributed by atoms with Crippen LogP contribution in [0.1, 0.15) is 15.9 Å². The van der Waals surface area contributed by atoms with E-state index in [1.807, 2.05) is 24.3 Å². The van der Waals surface area contributed by atoms with E-state index in [-0.39, 0.29) is 11.3 Å². The topological polar surface area (TPSA) is 69.6 Å². The molecule has 0 amide bonds. The summed E-state index contributed by atoms with van der Waals surface area (Å²) in [5.74, 6) is -1.28. The fraction of sp³-hybridized carbons (Fsp3) is 0.154. The standard InChI is InChI=1S/C13H13NO3/c1-14-7-11-9-5-3-2-4-8(9)6-10(12(11)15)13(16)17/h2-6,14-15H,7H2,1H3,(H,16,17). The van der Waals surface area contributed by atoms with Gasteiger partial charge in [-0.1, -0.05) is 24.3 Å². The zero-order chi connectivity index (χ0) is 12.4. The van der Waals surface area contributed by atoms with Crippen molar-refractivity contribution in [2.24, 2.45) is 0 Å². The van der Waals surface area contributed by atoms with Crippen molar-refractivity contribution in [2.75, 3.05) is 7.05 Å². The van der Waals surface area contributed by atoms with E-state index in [4.69, 9.17) is 5.11 Å². The molecular formula is C13H13NO3. The molecule has 0 spiro atoms. The molecule has 2 rings (SSSR count). The van der Waals surface area contributed by atoms with Crippen molar-refractivity contribution in [1.82, 2.24) is 5.32 Å². The molecule has 0 saturated heterocycles. The highest BCUT2D eigenvalue weighted by Gasteiger charge is 2.16. The van der Waals surface area contributed by atoms with Gasteiger partial charge in [-0.05, 0) is 23.9 Å². The number of benzene rings is 2. The number of aromatic hydroxyl groups is 1. The summed E-state index contributed by atoms with van der Waals surface area (Å²) in [6.45, 7) is 0.424. The lowest BCUT2D eigenvalue weighted by molar-refractivity contribution is 0.0693. The largest absolute Gasteiger partial charge is 0.507 e. The van der Waals surface area contributed by atoms with Gasteiger partial charge in [0, 0.05) is 12.1 Å². The molecule has 0 aliphatic heterocycles. The molecule has 0 aliphatic rings. The average molecular weight is 231 g/mol. The van der Waals surface area contributed by atoms with Gasteiger partial charge in [0.25, 0.3) is 0 Å². The van der Waals surface area contributed by atoms with E-state index in [1.165, 1.54) is 6.07 Å². The highest BCUT2D eigenvalue weighted by molar-refractivity contribution is 5.99. The first-order valence-corrected chi connectivity index (χ1v) is 5.26. The minimum atomic E-state index is -1.12. The molecule has 0 fully saturated rings. The highest BCUT2D eigenvalue weighted by Crippen LogP contribution is 2.31. The molecule has 0 aliphatic carbocycles. The van der Waals surface area contributed by atoms with Crippen molar-refractivity contribution >= 4 is 16.7 Å². The van der Waals surface area contributed by atoms with E-state index in [0.29, 0.717) is 12.1 Å². The maximum absolute atomic E-state index is 11.0. The lowest BCUT2D eigenvalue weighted by atomic mass is 9.99. The lowest BCUT2D eigenvalue weighted by Crippen LogP contribution is -2.08. The number of fused-ring (bicyclic) bond motifs is 1. The predicted molar refractivity (Wildman–Crippen MR) is 65.3 cm³/mol. The van der Waals surface area contributed by atoms with Crippen molar-refractivity contribution in [1.29, 1.82) is 0 Å². The number of nitrogens with one attached hydrogen (secondary N) is 1. The summed E-state index contributed by atoms with van der Waals surface area (Å²) in [6.07, 6.45) is 0. The van der Waals surface area contributed by atoms with Crippen LogP contribution < -0.4 is 5.32 Å². The summed E-state index contributed by atoms with van der Waals surface area (Å²) in [5.41, 5.74) is 0.553. The number of aromatic carboxylic acids is 1. The van der Waals surface area contributed by atoms with Gasteiger partial charge in [0.2, 0.25) is 0 Å². The van der Waals surface area contributed by atoms with Gasteiger partial charge in [0.05, 0.1) is 0 Å². The Morgan fingerprint density at radius 2 is 2.06 bits per heavy atom. The molecule has 3 N–H and O–H groups in total. The fourth-order valence-electron chi connectivity index (χ4n) is 1.93. The summed E-state index contributed by atoms with van der Waals surface area (Å²) in [7, 11) is 1.75. The number of phenols is 1. The van der Waals surface area contributed by atoms with Crippen LogP contribution in [-0.4, -0.2) is 23.2 Å². The second-order valence-corrected chi connectivity index (χ2v) is 3.81. The third-order valence-electron chi connectivity index (χ3n) is 2.71. The molecule has 17 heavy (non-hydrogen) atoms. The first-order valence-electron chi connectivity index (χ1n) is 5.26. The Morgan fingerprint density at radius 1 is 1.35 bits per heavy atom. The molecule has 0 radical (unpaired) electrons. The quantitative estimate of drug-likeness (QED) is 0.755. The van der Waals surface area contributed by atoms with Gasteiger partial charge < -0.3 is 15.5 Å². The Hall–Kier alpha value is -2.07. The lowest BCUT2D eigenvalue weighted by Gasteiger charge is -2.11. The van der Waals surface area contributed by atoms with Crippen LogP contribution in [0, 0.1) is 0 Å². The van der Waals surface area contributed by atoms with Gasteiger partial charge in [0.1, 0.15) is 11.3 Å².